The van der Waals surface area contributed by atoms with E-state index in [0.717, 1.165) is 5.56 Å². The lowest BCUT2D eigenvalue weighted by molar-refractivity contribution is 0.0515. The third-order valence-electron chi connectivity index (χ3n) is 2.47. The van der Waals surface area contributed by atoms with E-state index in [1.807, 2.05) is 18.2 Å². The maximum Gasteiger partial charge on any atom is 0.408 e. The highest BCUT2D eigenvalue weighted by molar-refractivity contribution is 7.53. The van der Waals surface area contributed by atoms with E-state index in [1.54, 1.807) is 32.9 Å². The van der Waals surface area contributed by atoms with Gasteiger partial charge in [-0.2, -0.15) is 0 Å². The molecule has 0 saturated heterocycles. The number of hydrogen-bond donors (Lipinski definition) is 2. The molecular weight excluding hydrogens is 293 g/mol. The summed E-state index contributed by atoms with van der Waals surface area (Å²) in [6, 6.07) is 9.03. The highest BCUT2D eigenvalue weighted by Crippen LogP contribution is 2.46. The van der Waals surface area contributed by atoms with Crippen molar-refractivity contribution in [2.75, 3.05) is 0 Å². The minimum atomic E-state index is -3.98. The molecule has 0 heterocycles. The summed E-state index contributed by atoms with van der Waals surface area (Å²) in [6.45, 7) is 6.52. The second-order valence-electron chi connectivity index (χ2n) is 5.65. The number of amides is 1. The van der Waals surface area contributed by atoms with Gasteiger partial charge in [0.2, 0.25) is 0 Å². The summed E-state index contributed by atoms with van der Waals surface area (Å²) in [6.07, 6.45) is -0.757. The van der Waals surface area contributed by atoms with Crippen LogP contribution in [-0.2, 0) is 20.4 Å². The van der Waals surface area contributed by atoms with Crippen LogP contribution in [0.4, 0.5) is 4.79 Å². The monoisotopic (exact) mass is 315 g/mol. The van der Waals surface area contributed by atoms with Crippen molar-refractivity contribution in [1.82, 2.24) is 5.32 Å². The van der Waals surface area contributed by atoms with Crippen LogP contribution < -0.4 is 5.32 Å². The van der Waals surface area contributed by atoms with Gasteiger partial charge < -0.3 is 19.5 Å². The molecule has 6 nitrogen and oxygen atoms in total. The van der Waals surface area contributed by atoms with Crippen molar-refractivity contribution >= 4 is 13.7 Å². The molecule has 0 aliphatic heterocycles. The lowest BCUT2D eigenvalue weighted by Crippen LogP contribution is -2.37. The first-order chi connectivity index (χ1) is 9.60. The molecular formula is C14H22NO5P. The van der Waals surface area contributed by atoms with E-state index >= 15 is 0 Å². The van der Waals surface area contributed by atoms with Gasteiger partial charge >= 0.3 is 13.7 Å². The average molecular weight is 315 g/mol. The average Bonchev–Trinajstić information content (AvgIpc) is 2.35. The zero-order valence-corrected chi connectivity index (χ0v) is 13.6. The van der Waals surface area contributed by atoms with Crippen LogP contribution in [0.15, 0.2) is 30.3 Å². The molecule has 1 rings (SSSR count). The smallest absolute Gasteiger partial charge is 0.408 e. The summed E-state index contributed by atoms with van der Waals surface area (Å²) in [4.78, 5) is 21.4. The number of carbonyl (C=O) groups is 1. The summed E-state index contributed by atoms with van der Waals surface area (Å²) in [5, 5.41) is 2.31. The predicted octanol–water partition coefficient (Wildman–Crippen LogP) is 3.26. The standard InChI is InChI=1S/C14H22NO5P/c1-11(15-13(16)20-14(2,3)4)21(17,18)19-10-12-8-6-5-7-9-12/h5-9,11H,10H2,1-4H3,(H,15,16)(H,17,18)/t11-/m0/s1. The van der Waals surface area contributed by atoms with Crippen molar-refractivity contribution in [3.05, 3.63) is 35.9 Å². The quantitative estimate of drug-likeness (QED) is 0.815. The fourth-order valence-corrected chi connectivity index (χ4v) is 2.24. The maximum absolute atomic E-state index is 12.1. The van der Waals surface area contributed by atoms with Gasteiger partial charge in [-0.15, -0.1) is 0 Å². The van der Waals surface area contributed by atoms with Crippen molar-refractivity contribution < 1.29 is 23.5 Å². The normalized spacial score (nSPS) is 15.9. The van der Waals surface area contributed by atoms with E-state index in [1.165, 1.54) is 6.92 Å². The first kappa shape index (κ1) is 17.7. The molecule has 2 atom stereocenters. The van der Waals surface area contributed by atoms with E-state index in [4.69, 9.17) is 9.26 Å². The van der Waals surface area contributed by atoms with Crippen LogP contribution in [0.1, 0.15) is 33.3 Å². The van der Waals surface area contributed by atoms with Gasteiger partial charge in [0, 0.05) is 0 Å². The Hall–Kier alpha value is -1.36. The van der Waals surface area contributed by atoms with Gasteiger partial charge in [0.05, 0.1) is 6.61 Å². The zero-order chi connectivity index (χ0) is 16.1. The third-order valence-corrected chi connectivity index (χ3v) is 4.08. The largest absolute Gasteiger partial charge is 0.444 e. The van der Waals surface area contributed by atoms with Gasteiger partial charge in [0.15, 0.2) is 0 Å². The number of ether oxygens (including phenoxy) is 1. The van der Waals surface area contributed by atoms with Crippen LogP contribution in [0.2, 0.25) is 0 Å². The van der Waals surface area contributed by atoms with Crippen LogP contribution in [0.3, 0.4) is 0 Å². The predicted molar refractivity (Wildman–Crippen MR) is 79.9 cm³/mol. The van der Waals surface area contributed by atoms with Crippen LogP contribution in [-0.4, -0.2) is 22.4 Å². The van der Waals surface area contributed by atoms with E-state index < -0.39 is 25.1 Å². The van der Waals surface area contributed by atoms with Gasteiger partial charge in [-0.1, -0.05) is 30.3 Å². The minimum absolute atomic E-state index is 0.00500. The molecule has 1 amide bonds. The van der Waals surface area contributed by atoms with Gasteiger partial charge in [-0.05, 0) is 33.3 Å². The molecule has 1 aromatic rings. The topological polar surface area (TPSA) is 84.9 Å². The summed E-state index contributed by atoms with van der Waals surface area (Å²) in [5.41, 5.74) is 0.102. The summed E-state index contributed by atoms with van der Waals surface area (Å²) in [5.74, 6) is -1.06. The zero-order valence-electron chi connectivity index (χ0n) is 12.7. The second kappa shape index (κ2) is 7.07. The molecule has 0 radical (unpaired) electrons. The van der Waals surface area contributed by atoms with Crippen LogP contribution in [0.25, 0.3) is 0 Å². The number of benzene rings is 1. The molecule has 118 valence electrons. The Labute approximate surface area is 125 Å². The summed E-state index contributed by atoms with van der Waals surface area (Å²) in [7, 11) is -3.98. The molecule has 0 aromatic heterocycles. The summed E-state index contributed by atoms with van der Waals surface area (Å²) < 4.78 is 22.1. The molecule has 7 heteroatoms. The minimum Gasteiger partial charge on any atom is -0.444 e. The van der Waals surface area contributed by atoms with Gasteiger partial charge in [0.25, 0.3) is 0 Å². The molecule has 0 fully saturated rings. The number of carbonyl (C=O) groups excluding carboxylic acids is 1. The number of nitrogens with one attached hydrogen (secondary N) is 1. The first-order valence-corrected chi connectivity index (χ1v) is 8.25. The SMILES string of the molecule is C[C@@H](NC(=O)OC(C)(C)C)P(=O)(O)OCc1ccccc1. The van der Waals surface area contributed by atoms with E-state index in [9.17, 15) is 14.3 Å². The van der Waals surface area contributed by atoms with Gasteiger partial charge in [-0.3, -0.25) is 4.57 Å². The Kier molecular flexibility index (Phi) is 5.96. The molecule has 1 unspecified atom stereocenters. The van der Waals surface area contributed by atoms with E-state index in [-0.39, 0.29) is 6.61 Å². The molecule has 0 aliphatic rings. The van der Waals surface area contributed by atoms with E-state index in [2.05, 4.69) is 5.32 Å². The van der Waals surface area contributed by atoms with Gasteiger partial charge in [-0.25, -0.2) is 4.79 Å². The van der Waals surface area contributed by atoms with Crippen LogP contribution >= 0.6 is 7.60 Å². The molecule has 0 bridgehead atoms. The first-order valence-electron chi connectivity index (χ1n) is 6.60. The Balaban J connectivity index is 2.53. The van der Waals surface area contributed by atoms with Crippen molar-refractivity contribution in [3.8, 4) is 0 Å². The third kappa shape index (κ3) is 6.76. The van der Waals surface area contributed by atoms with Crippen LogP contribution in [0.5, 0.6) is 0 Å². The number of rotatable bonds is 5. The second-order valence-corrected chi connectivity index (χ2v) is 7.81. The maximum atomic E-state index is 12.1. The Morgan fingerprint density at radius 2 is 1.90 bits per heavy atom. The molecule has 1 aromatic carbocycles. The number of alkyl carbamates (subject to hydrolysis) is 1. The highest BCUT2D eigenvalue weighted by atomic mass is 31.2. The number of hydrogen-bond acceptors (Lipinski definition) is 4. The fourth-order valence-electron chi connectivity index (χ4n) is 1.41. The van der Waals surface area contributed by atoms with Gasteiger partial charge in [0.1, 0.15) is 11.4 Å². The Morgan fingerprint density at radius 1 is 1.33 bits per heavy atom. The summed E-state index contributed by atoms with van der Waals surface area (Å²) >= 11 is 0. The van der Waals surface area contributed by atoms with Crippen molar-refractivity contribution in [2.45, 2.75) is 45.7 Å². The molecule has 0 spiro atoms. The highest BCUT2D eigenvalue weighted by Gasteiger charge is 2.31. The molecule has 2 N–H and O–H groups in total. The van der Waals surface area contributed by atoms with E-state index in [0.29, 0.717) is 0 Å². The molecule has 21 heavy (non-hydrogen) atoms. The molecule has 0 aliphatic carbocycles. The van der Waals surface area contributed by atoms with Crippen molar-refractivity contribution in [2.24, 2.45) is 0 Å². The fraction of sp³-hybridized carbons (Fsp3) is 0.500. The van der Waals surface area contributed by atoms with Crippen molar-refractivity contribution in [3.63, 3.8) is 0 Å². The Bertz CT molecular complexity index is 512. The lowest BCUT2D eigenvalue weighted by atomic mass is 10.2. The molecule has 0 saturated carbocycles. The van der Waals surface area contributed by atoms with Crippen LogP contribution in [0, 0.1) is 0 Å². The van der Waals surface area contributed by atoms with Crippen molar-refractivity contribution in [1.29, 1.82) is 0 Å². The lowest BCUT2D eigenvalue weighted by Gasteiger charge is -2.24. The Morgan fingerprint density at radius 3 is 2.43 bits per heavy atom.